The SMILES string of the molecule is Cc1ccc2c(c1)c1c(C(F)(F)F)cc3ccnc4c5cc(C)cc(C)c5n2c1c34. The van der Waals surface area contributed by atoms with Gasteiger partial charge in [0.1, 0.15) is 0 Å². The quantitative estimate of drug-likeness (QED) is 0.192. The van der Waals surface area contributed by atoms with Gasteiger partial charge in [0.2, 0.25) is 0 Å². The van der Waals surface area contributed by atoms with E-state index in [1.54, 1.807) is 12.3 Å². The molecule has 148 valence electrons. The smallest absolute Gasteiger partial charge is 0.308 e. The highest BCUT2D eigenvalue weighted by Gasteiger charge is 2.36. The van der Waals surface area contributed by atoms with Gasteiger partial charge >= 0.3 is 6.18 Å². The Morgan fingerprint density at radius 2 is 1.57 bits per heavy atom. The molecule has 0 bridgehead atoms. The summed E-state index contributed by atoms with van der Waals surface area (Å²) in [6.07, 6.45) is -2.85. The van der Waals surface area contributed by atoms with Gasteiger partial charge in [-0.05, 0) is 62.1 Å². The van der Waals surface area contributed by atoms with Crippen molar-refractivity contribution in [3.05, 3.63) is 70.9 Å². The summed E-state index contributed by atoms with van der Waals surface area (Å²) in [6.45, 7) is 5.95. The zero-order chi connectivity index (χ0) is 20.9. The molecule has 3 heterocycles. The van der Waals surface area contributed by atoms with Gasteiger partial charge in [-0.3, -0.25) is 4.98 Å². The fourth-order valence-corrected chi connectivity index (χ4v) is 5.09. The molecule has 0 atom stereocenters. The topological polar surface area (TPSA) is 17.3 Å². The first-order valence-electron chi connectivity index (χ1n) is 9.81. The minimum absolute atomic E-state index is 0.258. The van der Waals surface area contributed by atoms with Crippen molar-refractivity contribution in [2.45, 2.75) is 26.9 Å². The van der Waals surface area contributed by atoms with Crippen molar-refractivity contribution in [1.29, 1.82) is 0 Å². The Kier molecular flexibility index (Phi) is 3.16. The van der Waals surface area contributed by atoms with Crippen molar-refractivity contribution in [3.63, 3.8) is 0 Å². The molecule has 0 saturated heterocycles. The summed E-state index contributed by atoms with van der Waals surface area (Å²) in [6, 6.07) is 12.9. The molecule has 0 amide bonds. The first kappa shape index (κ1) is 17.5. The van der Waals surface area contributed by atoms with Gasteiger partial charge in [0.05, 0.1) is 27.6 Å². The van der Waals surface area contributed by atoms with E-state index in [1.807, 2.05) is 43.4 Å². The highest BCUT2D eigenvalue weighted by molar-refractivity contribution is 6.28. The van der Waals surface area contributed by atoms with E-state index in [9.17, 15) is 13.2 Å². The van der Waals surface area contributed by atoms with E-state index >= 15 is 0 Å². The molecular formula is C25H17F3N2. The molecule has 2 nitrogen and oxygen atoms in total. The van der Waals surface area contributed by atoms with Gasteiger partial charge in [-0.2, -0.15) is 13.2 Å². The molecule has 3 aromatic heterocycles. The molecule has 0 unspecified atom stereocenters. The number of fused-ring (bicyclic) bond motifs is 6. The Morgan fingerprint density at radius 1 is 0.800 bits per heavy atom. The highest BCUT2D eigenvalue weighted by atomic mass is 19.4. The number of rotatable bonds is 0. The first-order valence-corrected chi connectivity index (χ1v) is 9.81. The van der Waals surface area contributed by atoms with Crippen LogP contribution >= 0.6 is 0 Å². The zero-order valence-corrected chi connectivity index (χ0v) is 16.6. The number of halogens is 3. The number of hydrogen-bond acceptors (Lipinski definition) is 1. The lowest BCUT2D eigenvalue weighted by Gasteiger charge is -2.17. The van der Waals surface area contributed by atoms with E-state index in [0.29, 0.717) is 16.3 Å². The lowest BCUT2D eigenvalue weighted by atomic mass is 9.96. The van der Waals surface area contributed by atoms with Crippen molar-refractivity contribution in [3.8, 4) is 0 Å². The molecule has 0 saturated carbocycles. The molecular weight excluding hydrogens is 385 g/mol. The maximum Gasteiger partial charge on any atom is 0.417 e. The van der Waals surface area contributed by atoms with E-state index in [1.165, 1.54) is 6.07 Å². The summed E-state index contributed by atoms with van der Waals surface area (Å²) in [5.74, 6) is 0. The van der Waals surface area contributed by atoms with E-state index in [0.717, 1.165) is 44.0 Å². The average molecular weight is 402 g/mol. The van der Waals surface area contributed by atoms with Gasteiger partial charge in [0.15, 0.2) is 0 Å². The second-order valence-electron chi connectivity index (χ2n) is 8.24. The van der Waals surface area contributed by atoms with Crippen LogP contribution in [0.2, 0.25) is 0 Å². The molecule has 5 heteroatoms. The second kappa shape index (κ2) is 5.42. The monoisotopic (exact) mass is 402 g/mol. The molecule has 0 N–H and O–H groups in total. The Hall–Kier alpha value is -3.34. The minimum Gasteiger partial charge on any atom is -0.308 e. The van der Waals surface area contributed by atoms with Crippen molar-refractivity contribution in [2.75, 3.05) is 0 Å². The Bertz CT molecular complexity index is 1660. The summed E-state index contributed by atoms with van der Waals surface area (Å²) >= 11 is 0. The fourth-order valence-electron chi connectivity index (χ4n) is 5.09. The summed E-state index contributed by atoms with van der Waals surface area (Å²) in [5, 5.41) is 3.19. The average Bonchev–Trinajstić information content (AvgIpc) is 3.00. The van der Waals surface area contributed by atoms with Gasteiger partial charge in [-0.25, -0.2) is 0 Å². The lowest BCUT2D eigenvalue weighted by molar-refractivity contribution is -0.136. The molecule has 6 rings (SSSR count). The number of hydrogen-bond donors (Lipinski definition) is 0. The number of pyridine rings is 2. The predicted molar refractivity (Wildman–Crippen MR) is 116 cm³/mol. The van der Waals surface area contributed by atoms with Crippen molar-refractivity contribution < 1.29 is 13.2 Å². The van der Waals surface area contributed by atoms with Gasteiger partial charge in [-0.15, -0.1) is 0 Å². The molecule has 0 fully saturated rings. The number of nitrogens with zero attached hydrogens (tertiary/aromatic N) is 2. The maximum atomic E-state index is 14.2. The van der Waals surface area contributed by atoms with Crippen LogP contribution in [0.15, 0.2) is 48.7 Å². The van der Waals surface area contributed by atoms with Crippen molar-refractivity contribution in [1.82, 2.24) is 9.38 Å². The summed E-state index contributed by atoms with van der Waals surface area (Å²) in [7, 11) is 0. The first-order chi connectivity index (χ1) is 14.3. The van der Waals surface area contributed by atoms with Crippen LogP contribution in [-0.4, -0.2) is 9.38 Å². The van der Waals surface area contributed by atoms with E-state index in [-0.39, 0.29) is 5.39 Å². The molecule has 0 spiro atoms. The van der Waals surface area contributed by atoms with Gasteiger partial charge in [0, 0.05) is 27.7 Å². The molecule has 0 aliphatic rings. The summed E-state index contributed by atoms with van der Waals surface area (Å²) in [4.78, 5) is 4.63. The molecule has 0 aliphatic carbocycles. The van der Waals surface area contributed by atoms with Crippen LogP contribution in [0.25, 0.3) is 49.0 Å². The molecule has 3 aromatic carbocycles. The van der Waals surface area contributed by atoms with E-state index in [2.05, 4.69) is 17.1 Å². The van der Waals surface area contributed by atoms with Crippen LogP contribution in [0.4, 0.5) is 13.2 Å². The van der Waals surface area contributed by atoms with Crippen molar-refractivity contribution in [2.24, 2.45) is 0 Å². The number of benzene rings is 3. The van der Waals surface area contributed by atoms with Crippen LogP contribution in [0, 0.1) is 20.8 Å². The number of alkyl halides is 3. The van der Waals surface area contributed by atoms with Crippen molar-refractivity contribution >= 4 is 49.0 Å². The Labute approximate surface area is 169 Å². The van der Waals surface area contributed by atoms with Crippen LogP contribution < -0.4 is 0 Å². The third kappa shape index (κ3) is 2.07. The summed E-state index contributed by atoms with van der Waals surface area (Å²) in [5.41, 5.74) is 5.51. The largest absolute Gasteiger partial charge is 0.417 e. The normalized spacial score (nSPS) is 13.0. The van der Waals surface area contributed by atoms with Crippen LogP contribution in [0.3, 0.4) is 0 Å². The highest BCUT2D eigenvalue weighted by Crippen LogP contribution is 2.46. The maximum absolute atomic E-state index is 14.2. The standard InChI is InChI=1S/C25H17F3N2/c1-12-4-5-19-16(9-12)21-18(25(26,27)28)11-15-6-7-29-22-17-10-13(2)8-14(3)23(17)30(19)24(21)20(15)22/h4-11H,1-3H3. The van der Waals surface area contributed by atoms with Gasteiger partial charge in [0.25, 0.3) is 0 Å². The molecule has 0 aliphatic heterocycles. The van der Waals surface area contributed by atoms with E-state index < -0.39 is 11.7 Å². The molecule has 6 aromatic rings. The Morgan fingerprint density at radius 3 is 2.33 bits per heavy atom. The van der Waals surface area contributed by atoms with Crippen LogP contribution in [-0.2, 0) is 6.18 Å². The van der Waals surface area contributed by atoms with Crippen LogP contribution in [0.1, 0.15) is 22.3 Å². The fraction of sp³-hybridized carbons (Fsp3) is 0.160. The van der Waals surface area contributed by atoms with Crippen LogP contribution in [0.5, 0.6) is 0 Å². The number of aryl methyl sites for hydroxylation is 3. The second-order valence-corrected chi connectivity index (χ2v) is 8.24. The molecule has 0 radical (unpaired) electrons. The van der Waals surface area contributed by atoms with Gasteiger partial charge in [-0.1, -0.05) is 23.3 Å². The lowest BCUT2D eigenvalue weighted by Crippen LogP contribution is -2.06. The van der Waals surface area contributed by atoms with Gasteiger partial charge < -0.3 is 4.40 Å². The molecule has 30 heavy (non-hydrogen) atoms. The minimum atomic E-state index is -4.46. The third-order valence-corrected chi connectivity index (χ3v) is 6.14. The number of aromatic nitrogens is 2. The predicted octanol–water partition coefficient (Wildman–Crippen LogP) is 7.33. The Balaban J connectivity index is 2.11. The zero-order valence-electron chi connectivity index (χ0n) is 16.6. The van der Waals surface area contributed by atoms with E-state index in [4.69, 9.17) is 0 Å². The third-order valence-electron chi connectivity index (χ3n) is 6.14. The summed E-state index contributed by atoms with van der Waals surface area (Å²) < 4.78 is 44.6.